The molecule has 3 aromatic carbocycles. The predicted octanol–water partition coefficient (Wildman–Crippen LogP) is 4.78. The van der Waals surface area contributed by atoms with Crippen LogP contribution in [0.3, 0.4) is 0 Å². The minimum atomic E-state index is -2.22. The van der Waals surface area contributed by atoms with Crippen molar-refractivity contribution in [3.63, 3.8) is 0 Å². The Labute approximate surface area is 195 Å². The maximum absolute atomic E-state index is 13.5. The second-order valence-corrected chi connectivity index (χ2v) is 8.78. The molecule has 2 atom stereocenters. The minimum Gasteiger partial charge on any atom is -0.359 e. The number of anilines is 2. The molecule has 0 saturated heterocycles. The summed E-state index contributed by atoms with van der Waals surface area (Å²) in [5.41, 5.74) is 0.0434. The maximum atomic E-state index is 13.5. The first-order valence-corrected chi connectivity index (χ1v) is 11.2. The SMILES string of the molecule is CC(CCc1ccccc1)NC(=O)C1(O)c2cc(Br)ccc2NC(=O)N1c1ccccc1. The van der Waals surface area contributed by atoms with Crippen LogP contribution >= 0.6 is 15.9 Å². The fourth-order valence-electron chi connectivity index (χ4n) is 3.88. The fourth-order valence-corrected chi connectivity index (χ4v) is 4.24. The van der Waals surface area contributed by atoms with Gasteiger partial charge in [0, 0.05) is 21.8 Å². The number of nitrogens with zero attached hydrogens (tertiary/aromatic N) is 1. The van der Waals surface area contributed by atoms with Crippen LogP contribution in [0.25, 0.3) is 0 Å². The Morgan fingerprint density at radius 1 is 1.09 bits per heavy atom. The highest BCUT2D eigenvalue weighted by Gasteiger charge is 2.52. The third-order valence-electron chi connectivity index (χ3n) is 5.54. The van der Waals surface area contributed by atoms with Gasteiger partial charge in [0.15, 0.2) is 0 Å². The van der Waals surface area contributed by atoms with Crippen LogP contribution in [0.2, 0.25) is 0 Å². The number of fused-ring (bicyclic) bond motifs is 1. The van der Waals surface area contributed by atoms with Crippen LogP contribution in [-0.2, 0) is 16.9 Å². The van der Waals surface area contributed by atoms with Gasteiger partial charge in [-0.2, -0.15) is 0 Å². The van der Waals surface area contributed by atoms with E-state index in [9.17, 15) is 14.7 Å². The van der Waals surface area contributed by atoms with E-state index in [0.29, 0.717) is 27.8 Å². The van der Waals surface area contributed by atoms with Crippen molar-refractivity contribution in [3.05, 3.63) is 94.5 Å². The van der Waals surface area contributed by atoms with Crippen LogP contribution in [0.15, 0.2) is 83.3 Å². The standard InChI is InChI=1S/C25H24BrN3O3/c1-17(12-13-18-8-4-2-5-9-18)27-23(30)25(32)21-16-19(26)14-15-22(21)28-24(31)29(25)20-10-6-3-7-11-20/h2-11,14-17,32H,12-13H2,1H3,(H,27,30)(H,28,31). The zero-order valence-electron chi connectivity index (χ0n) is 17.6. The Kier molecular flexibility index (Phi) is 6.30. The van der Waals surface area contributed by atoms with Crippen LogP contribution < -0.4 is 15.5 Å². The molecule has 7 heteroatoms. The predicted molar refractivity (Wildman–Crippen MR) is 128 cm³/mol. The van der Waals surface area contributed by atoms with E-state index < -0.39 is 17.7 Å². The molecular formula is C25H24BrN3O3. The molecule has 4 rings (SSSR count). The largest absolute Gasteiger partial charge is 0.359 e. The van der Waals surface area contributed by atoms with Crippen LogP contribution in [-0.4, -0.2) is 23.1 Å². The summed E-state index contributed by atoms with van der Waals surface area (Å²) in [7, 11) is 0. The van der Waals surface area contributed by atoms with Crippen molar-refractivity contribution in [3.8, 4) is 0 Å². The lowest BCUT2D eigenvalue weighted by atomic mass is 9.94. The van der Waals surface area contributed by atoms with E-state index in [-0.39, 0.29) is 6.04 Å². The zero-order chi connectivity index (χ0) is 22.7. The normalized spacial score (nSPS) is 18.5. The van der Waals surface area contributed by atoms with E-state index in [4.69, 9.17) is 0 Å². The first kappa shape index (κ1) is 22.0. The zero-order valence-corrected chi connectivity index (χ0v) is 19.2. The smallest absolute Gasteiger partial charge is 0.329 e. The van der Waals surface area contributed by atoms with E-state index in [2.05, 4.69) is 26.6 Å². The highest BCUT2D eigenvalue weighted by atomic mass is 79.9. The van der Waals surface area contributed by atoms with Crippen LogP contribution in [0.4, 0.5) is 16.2 Å². The van der Waals surface area contributed by atoms with Crippen molar-refractivity contribution >= 4 is 39.2 Å². The lowest BCUT2D eigenvalue weighted by Gasteiger charge is -2.43. The summed E-state index contributed by atoms with van der Waals surface area (Å²) in [5.74, 6) is -0.656. The van der Waals surface area contributed by atoms with Crippen LogP contribution in [0.1, 0.15) is 24.5 Å². The molecule has 0 saturated carbocycles. The van der Waals surface area contributed by atoms with Crippen LogP contribution in [0.5, 0.6) is 0 Å². The second-order valence-electron chi connectivity index (χ2n) is 7.86. The molecule has 32 heavy (non-hydrogen) atoms. The van der Waals surface area contributed by atoms with Gasteiger partial charge in [0.2, 0.25) is 0 Å². The van der Waals surface area contributed by atoms with Crippen molar-refractivity contribution < 1.29 is 14.7 Å². The monoisotopic (exact) mass is 493 g/mol. The molecule has 2 unspecified atom stereocenters. The Balaban J connectivity index is 1.66. The number of nitrogens with one attached hydrogen (secondary N) is 2. The van der Waals surface area contributed by atoms with Gasteiger partial charge in [-0.05, 0) is 55.7 Å². The quantitative estimate of drug-likeness (QED) is 0.461. The molecule has 0 radical (unpaired) electrons. The number of amides is 3. The number of rotatable bonds is 6. The molecule has 1 heterocycles. The molecule has 6 nitrogen and oxygen atoms in total. The first-order chi connectivity index (χ1) is 15.4. The van der Waals surface area contributed by atoms with Crippen molar-refractivity contribution in [2.24, 2.45) is 0 Å². The summed E-state index contributed by atoms with van der Waals surface area (Å²) < 4.78 is 0.684. The number of hydrogen-bond acceptors (Lipinski definition) is 3. The molecule has 1 aliphatic rings. The van der Waals surface area contributed by atoms with Crippen molar-refractivity contribution in [2.45, 2.75) is 31.5 Å². The molecule has 0 fully saturated rings. The van der Waals surface area contributed by atoms with Crippen molar-refractivity contribution in [1.29, 1.82) is 0 Å². The minimum absolute atomic E-state index is 0.218. The lowest BCUT2D eigenvalue weighted by Crippen LogP contribution is -2.63. The number of aliphatic hydroxyl groups is 1. The summed E-state index contributed by atoms with van der Waals surface area (Å²) in [6.45, 7) is 1.89. The van der Waals surface area contributed by atoms with Gasteiger partial charge in [-0.3, -0.25) is 9.69 Å². The first-order valence-electron chi connectivity index (χ1n) is 10.4. The Bertz CT molecular complexity index is 1120. The van der Waals surface area contributed by atoms with Gasteiger partial charge in [-0.25, -0.2) is 4.79 Å². The number of carbonyl (C=O) groups excluding carboxylic acids is 2. The van der Waals surface area contributed by atoms with Gasteiger partial charge in [0.1, 0.15) is 0 Å². The summed E-state index contributed by atoms with van der Waals surface area (Å²) in [5, 5.41) is 17.6. The topological polar surface area (TPSA) is 81.7 Å². The van der Waals surface area contributed by atoms with E-state index >= 15 is 0 Å². The van der Waals surface area contributed by atoms with Gasteiger partial charge in [-0.15, -0.1) is 0 Å². The molecule has 0 aromatic heterocycles. The van der Waals surface area contributed by atoms with Gasteiger partial charge in [0.25, 0.3) is 11.6 Å². The van der Waals surface area contributed by atoms with E-state index in [1.165, 1.54) is 5.56 Å². The number of benzene rings is 3. The second kappa shape index (κ2) is 9.14. The highest BCUT2D eigenvalue weighted by molar-refractivity contribution is 9.10. The van der Waals surface area contributed by atoms with E-state index in [1.807, 2.05) is 37.3 Å². The summed E-state index contributed by atoms with van der Waals surface area (Å²) >= 11 is 3.41. The Hall–Kier alpha value is -3.16. The molecule has 1 aliphatic heterocycles. The molecule has 3 N–H and O–H groups in total. The summed E-state index contributed by atoms with van der Waals surface area (Å²) in [4.78, 5) is 27.7. The maximum Gasteiger partial charge on any atom is 0.329 e. The van der Waals surface area contributed by atoms with Crippen molar-refractivity contribution in [1.82, 2.24) is 5.32 Å². The highest BCUT2D eigenvalue weighted by Crippen LogP contribution is 2.41. The van der Waals surface area contributed by atoms with Gasteiger partial charge in [0.05, 0.1) is 5.69 Å². The average molecular weight is 494 g/mol. The van der Waals surface area contributed by atoms with E-state index in [0.717, 1.165) is 11.3 Å². The van der Waals surface area contributed by atoms with Gasteiger partial charge < -0.3 is 15.7 Å². The molecular weight excluding hydrogens is 470 g/mol. The number of aryl methyl sites for hydroxylation is 1. The van der Waals surface area contributed by atoms with Crippen molar-refractivity contribution in [2.75, 3.05) is 10.2 Å². The molecule has 164 valence electrons. The summed E-state index contributed by atoms with van der Waals surface area (Å²) in [6.07, 6.45) is 1.47. The van der Waals surface area contributed by atoms with E-state index in [1.54, 1.807) is 48.5 Å². The number of para-hydroxylation sites is 1. The molecule has 0 bridgehead atoms. The molecule has 3 amide bonds. The number of halogens is 1. The Morgan fingerprint density at radius 2 is 1.75 bits per heavy atom. The van der Waals surface area contributed by atoms with Gasteiger partial charge in [-0.1, -0.05) is 64.5 Å². The third kappa shape index (κ3) is 4.26. The van der Waals surface area contributed by atoms with Gasteiger partial charge >= 0.3 is 6.03 Å². The molecule has 0 aliphatic carbocycles. The number of hydrogen-bond donors (Lipinski definition) is 3. The molecule has 0 spiro atoms. The lowest BCUT2D eigenvalue weighted by molar-refractivity contribution is -0.141. The summed E-state index contributed by atoms with van der Waals surface area (Å²) in [6, 6.07) is 22.9. The third-order valence-corrected chi connectivity index (χ3v) is 6.04. The number of urea groups is 1. The molecule has 3 aromatic rings. The number of carbonyl (C=O) groups is 2. The van der Waals surface area contributed by atoms with Crippen LogP contribution in [0, 0.1) is 0 Å². The average Bonchev–Trinajstić information content (AvgIpc) is 2.79. The Morgan fingerprint density at radius 3 is 2.44 bits per heavy atom. The fraction of sp³-hybridized carbons (Fsp3) is 0.200.